The summed E-state index contributed by atoms with van der Waals surface area (Å²) in [7, 11) is 0. The molecule has 1 heterocycles. The summed E-state index contributed by atoms with van der Waals surface area (Å²) in [6, 6.07) is 3.91. The molecule has 4 heteroatoms. The van der Waals surface area contributed by atoms with Crippen molar-refractivity contribution in [2.75, 3.05) is 0 Å². The summed E-state index contributed by atoms with van der Waals surface area (Å²) in [5.41, 5.74) is 5.59. The second-order valence-corrected chi connectivity index (χ2v) is 5.29. The predicted octanol–water partition coefficient (Wildman–Crippen LogP) is 2.48. The van der Waals surface area contributed by atoms with Crippen molar-refractivity contribution < 1.29 is 9.53 Å². The van der Waals surface area contributed by atoms with Crippen LogP contribution < -0.4 is 5.73 Å². The van der Waals surface area contributed by atoms with E-state index in [0.29, 0.717) is 6.42 Å². The third kappa shape index (κ3) is 4.44. The van der Waals surface area contributed by atoms with Crippen LogP contribution in [-0.4, -0.2) is 11.5 Å². The average Bonchev–Trinajstić information content (AvgIpc) is 2.50. The number of hydrogen-bond donors (Lipinski definition) is 1. The number of esters is 1. The zero-order valence-electron chi connectivity index (χ0n) is 9.32. The molecule has 0 aliphatic rings. The van der Waals surface area contributed by atoms with Gasteiger partial charge in [-0.25, -0.2) is 0 Å². The van der Waals surface area contributed by atoms with Gasteiger partial charge in [0, 0.05) is 23.8 Å². The van der Waals surface area contributed by atoms with Gasteiger partial charge in [-0.2, -0.15) is 0 Å². The smallest absolute Gasteiger partial charge is 0.303 e. The van der Waals surface area contributed by atoms with Gasteiger partial charge in [0.1, 0.15) is 6.10 Å². The first-order chi connectivity index (χ1) is 6.88. The Kier molecular flexibility index (Phi) is 3.88. The molecule has 1 unspecified atom stereocenters. The highest BCUT2D eigenvalue weighted by Crippen LogP contribution is 2.29. The van der Waals surface area contributed by atoms with Crippen LogP contribution in [-0.2, 0) is 9.53 Å². The number of hydrogen-bond acceptors (Lipinski definition) is 4. The molecule has 0 radical (unpaired) electrons. The first-order valence-corrected chi connectivity index (χ1v) is 5.76. The van der Waals surface area contributed by atoms with E-state index in [4.69, 9.17) is 10.5 Å². The second kappa shape index (κ2) is 4.77. The zero-order valence-corrected chi connectivity index (χ0v) is 10.1. The standard InChI is InChI=1S/C11H17NO2S/c1-8(13)14-9(7-11(2,3)12)10-5-4-6-15-10/h4-6,9H,7,12H2,1-3H3. The molecule has 0 amide bonds. The van der Waals surface area contributed by atoms with Gasteiger partial charge in [-0.3, -0.25) is 4.79 Å². The largest absolute Gasteiger partial charge is 0.457 e. The lowest BCUT2D eigenvalue weighted by Gasteiger charge is -2.24. The fraction of sp³-hybridized carbons (Fsp3) is 0.545. The lowest BCUT2D eigenvalue weighted by molar-refractivity contribution is -0.147. The lowest BCUT2D eigenvalue weighted by Crippen LogP contribution is -2.34. The molecule has 0 saturated carbocycles. The molecule has 0 aliphatic carbocycles. The summed E-state index contributed by atoms with van der Waals surface area (Å²) in [4.78, 5) is 12.0. The second-order valence-electron chi connectivity index (χ2n) is 4.31. The van der Waals surface area contributed by atoms with Crippen LogP contribution in [0.15, 0.2) is 17.5 Å². The van der Waals surface area contributed by atoms with Crippen molar-refractivity contribution in [3.63, 3.8) is 0 Å². The summed E-state index contributed by atoms with van der Waals surface area (Å²) in [6.45, 7) is 5.28. The van der Waals surface area contributed by atoms with Gasteiger partial charge in [-0.15, -0.1) is 11.3 Å². The van der Waals surface area contributed by atoms with Gasteiger partial charge in [0.05, 0.1) is 0 Å². The van der Waals surface area contributed by atoms with Crippen LogP contribution >= 0.6 is 11.3 Å². The Balaban J connectivity index is 2.75. The number of nitrogens with two attached hydrogens (primary N) is 1. The molecular weight excluding hydrogens is 210 g/mol. The minimum atomic E-state index is -0.343. The van der Waals surface area contributed by atoms with Crippen molar-refractivity contribution in [2.45, 2.75) is 38.8 Å². The zero-order chi connectivity index (χ0) is 11.5. The van der Waals surface area contributed by atoms with E-state index in [0.717, 1.165) is 4.88 Å². The van der Waals surface area contributed by atoms with Crippen molar-refractivity contribution in [3.8, 4) is 0 Å². The molecule has 1 atom stereocenters. The van der Waals surface area contributed by atoms with E-state index in [2.05, 4.69) is 0 Å². The summed E-state index contributed by atoms with van der Waals surface area (Å²) in [5.74, 6) is -0.266. The van der Waals surface area contributed by atoms with Crippen molar-refractivity contribution >= 4 is 17.3 Å². The summed E-state index contributed by atoms with van der Waals surface area (Å²) in [5, 5.41) is 1.97. The highest BCUT2D eigenvalue weighted by Gasteiger charge is 2.23. The van der Waals surface area contributed by atoms with E-state index in [1.54, 1.807) is 11.3 Å². The van der Waals surface area contributed by atoms with Crippen LogP contribution in [0.3, 0.4) is 0 Å². The minimum absolute atomic E-state index is 0.220. The number of carbonyl (C=O) groups excluding carboxylic acids is 1. The van der Waals surface area contributed by atoms with Gasteiger partial charge in [0.15, 0.2) is 0 Å². The van der Waals surface area contributed by atoms with E-state index in [9.17, 15) is 4.79 Å². The molecule has 0 bridgehead atoms. The van der Waals surface area contributed by atoms with Crippen LogP contribution in [0.2, 0.25) is 0 Å². The maximum Gasteiger partial charge on any atom is 0.303 e. The van der Waals surface area contributed by atoms with Gasteiger partial charge in [0.25, 0.3) is 0 Å². The SMILES string of the molecule is CC(=O)OC(CC(C)(C)N)c1cccs1. The fourth-order valence-corrected chi connectivity index (χ4v) is 2.11. The van der Waals surface area contributed by atoms with E-state index in [1.165, 1.54) is 6.92 Å². The third-order valence-corrected chi connectivity index (χ3v) is 2.84. The van der Waals surface area contributed by atoms with Crippen molar-refractivity contribution in [2.24, 2.45) is 5.73 Å². The lowest BCUT2D eigenvalue weighted by atomic mass is 9.97. The first-order valence-electron chi connectivity index (χ1n) is 4.88. The Morgan fingerprint density at radius 2 is 2.33 bits per heavy atom. The van der Waals surface area contributed by atoms with Gasteiger partial charge >= 0.3 is 5.97 Å². The Morgan fingerprint density at radius 3 is 2.73 bits per heavy atom. The Hall–Kier alpha value is -0.870. The highest BCUT2D eigenvalue weighted by molar-refractivity contribution is 7.10. The Morgan fingerprint density at radius 1 is 1.67 bits per heavy atom. The number of rotatable bonds is 4. The fourth-order valence-electron chi connectivity index (χ4n) is 1.35. The quantitative estimate of drug-likeness (QED) is 0.804. The molecule has 0 spiro atoms. The molecular formula is C11H17NO2S. The predicted molar refractivity (Wildman–Crippen MR) is 61.7 cm³/mol. The van der Waals surface area contributed by atoms with Crippen molar-refractivity contribution in [3.05, 3.63) is 22.4 Å². The van der Waals surface area contributed by atoms with Crippen LogP contribution in [0, 0.1) is 0 Å². The topological polar surface area (TPSA) is 52.3 Å². The molecule has 2 N–H and O–H groups in total. The van der Waals surface area contributed by atoms with Gasteiger partial charge in [-0.05, 0) is 25.3 Å². The van der Waals surface area contributed by atoms with Crippen LogP contribution in [0.4, 0.5) is 0 Å². The van der Waals surface area contributed by atoms with Crippen molar-refractivity contribution in [1.82, 2.24) is 0 Å². The molecule has 1 aromatic heterocycles. The summed E-state index contributed by atoms with van der Waals surface area (Å²) >= 11 is 1.58. The molecule has 3 nitrogen and oxygen atoms in total. The Bertz CT molecular complexity index is 314. The monoisotopic (exact) mass is 227 g/mol. The Labute approximate surface area is 94.2 Å². The molecule has 15 heavy (non-hydrogen) atoms. The normalized spacial score (nSPS) is 13.6. The number of carbonyl (C=O) groups is 1. The molecule has 0 saturated heterocycles. The van der Waals surface area contributed by atoms with E-state index in [1.807, 2.05) is 31.4 Å². The summed E-state index contributed by atoms with van der Waals surface area (Å²) < 4.78 is 5.26. The highest BCUT2D eigenvalue weighted by atomic mass is 32.1. The average molecular weight is 227 g/mol. The van der Waals surface area contributed by atoms with Crippen LogP contribution in [0.5, 0.6) is 0 Å². The van der Waals surface area contributed by atoms with Crippen LogP contribution in [0.1, 0.15) is 38.2 Å². The number of thiophene rings is 1. The molecule has 84 valence electrons. The van der Waals surface area contributed by atoms with E-state index in [-0.39, 0.29) is 17.6 Å². The maximum atomic E-state index is 11.0. The van der Waals surface area contributed by atoms with Gasteiger partial charge in [0.2, 0.25) is 0 Å². The number of ether oxygens (including phenoxy) is 1. The molecule has 1 rings (SSSR count). The van der Waals surface area contributed by atoms with Gasteiger partial charge < -0.3 is 10.5 Å². The molecule has 0 aromatic carbocycles. The maximum absolute atomic E-state index is 11.0. The van der Waals surface area contributed by atoms with E-state index >= 15 is 0 Å². The first kappa shape index (κ1) is 12.2. The van der Waals surface area contributed by atoms with E-state index < -0.39 is 0 Å². The van der Waals surface area contributed by atoms with Crippen LogP contribution in [0.25, 0.3) is 0 Å². The molecule has 1 aromatic rings. The summed E-state index contributed by atoms with van der Waals surface area (Å²) in [6.07, 6.45) is 0.412. The molecule has 0 fully saturated rings. The molecule has 0 aliphatic heterocycles. The van der Waals surface area contributed by atoms with Gasteiger partial charge in [-0.1, -0.05) is 6.07 Å². The third-order valence-electron chi connectivity index (χ3n) is 1.88. The minimum Gasteiger partial charge on any atom is -0.457 e. The van der Waals surface area contributed by atoms with Crippen molar-refractivity contribution in [1.29, 1.82) is 0 Å².